The maximum atomic E-state index is 14.2. The number of carbonyl (C=O) groups excluding carboxylic acids is 7. The van der Waals surface area contributed by atoms with Crippen LogP contribution in [0.15, 0.2) is 54.6 Å². The average Bonchev–Trinajstić information content (AvgIpc) is 3.81. The van der Waals surface area contributed by atoms with Gasteiger partial charge >= 0.3 is 12.1 Å². The molecule has 1 fully saturated rings. The van der Waals surface area contributed by atoms with Crippen LogP contribution in [0.3, 0.4) is 0 Å². The smallest absolute Gasteiger partial charge is 0.410 e. The topological polar surface area (TPSA) is 251 Å². The number of urea groups is 1. The standard InChI is InChI=1S/C50H78N8O11/c1-13-31(6)43(38(67-11)26-39(59)58-25-17-20-37(58)45(68-12)32(7)46(62)53-33(8)44(61)35-18-15-14-16-19-35)56(9)40(60)27-52-48(64)42(30(4)5)57(10)50(66)69-28-34-21-23-36(24-22-34)54-49(65)55-47(63)41(51)29(2)3/h14-16,18-19,21-24,29-33,37-38,41-45,61H,13,17,20,25-28,51H2,1-12H3,(H,52,64)(H,53,62)(H2,54,55,63,65)/t31-,32+,33+,37-,38+,41-,42-,43-,44+,45+/m0/s1. The van der Waals surface area contributed by atoms with Gasteiger partial charge in [0.15, 0.2) is 0 Å². The van der Waals surface area contributed by atoms with Crippen molar-refractivity contribution in [3.8, 4) is 0 Å². The number of imide groups is 1. The molecule has 3 rings (SSSR count). The van der Waals surface area contributed by atoms with Crippen LogP contribution in [-0.2, 0) is 44.8 Å². The van der Waals surface area contributed by atoms with Gasteiger partial charge in [0.1, 0.15) is 12.6 Å². The third kappa shape index (κ3) is 16.2. The molecule has 69 heavy (non-hydrogen) atoms. The molecule has 19 nitrogen and oxygen atoms in total. The van der Waals surface area contributed by atoms with Gasteiger partial charge in [0.2, 0.25) is 29.5 Å². The van der Waals surface area contributed by atoms with Crippen LogP contribution < -0.4 is 27.0 Å². The summed E-state index contributed by atoms with van der Waals surface area (Å²) < 4.78 is 17.4. The number of aliphatic hydroxyl groups is 1. The number of nitrogens with two attached hydrogens (primary N) is 1. The quantitative estimate of drug-likeness (QED) is 0.0867. The van der Waals surface area contributed by atoms with E-state index in [1.807, 2.05) is 32.0 Å². The molecule has 2 aromatic carbocycles. The van der Waals surface area contributed by atoms with Gasteiger partial charge in [0.25, 0.3) is 0 Å². The van der Waals surface area contributed by atoms with Crippen molar-refractivity contribution < 1.29 is 52.9 Å². The molecule has 1 saturated heterocycles. The van der Waals surface area contributed by atoms with Crippen molar-refractivity contribution in [1.29, 1.82) is 0 Å². The number of methoxy groups -OCH3 is 2. The van der Waals surface area contributed by atoms with Crippen LogP contribution in [0, 0.1) is 23.7 Å². The van der Waals surface area contributed by atoms with Gasteiger partial charge in [-0.25, -0.2) is 9.59 Å². The summed E-state index contributed by atoms with van der Waals surface area (Å²) in [6.45, 7) is 14.4. The van der Waals surface area contributed by atoms with E-state index in [2.05, 4.69) is 21.3 Å². The zero-order chi connectivity index (χ0) is 51.7. The van der Waals surface area contributed by atoms with Gasteiger partial charge in [0.05, 0.1) is 61.4 Å². The fraction of sp³-hybridized carbons (Fsp3) is 0.620. The first-order valence-corrected chi connectivity index (χ1v) is 23.9. The number of carbonyl (C=O) groups is 7. The van der Waals surface area contributed by atoms with E-state index >= 15 is 0 Å². The van der Waals surface area contributed by atoms with E-state index in [0.29, 0.717) is 42.6 Å². The molecule has 19 heteroatoms. The maximum Gasteiger partial charge on any atom is 0.410 e. The zero-order valence-electron chi connectivity index (χ0n) is 42.5. The molecule has 0 unspecified atom stereocenters. The highest BCUT2D eigenvalue weighted by molar-refractivity contribution is 6.02. The number of rotatable bonds is 24. The van der Waals surface area contributed by atoms with Gasteiger partial charge in [0, 0.05) is 40.5 Å². The van der Waals surface area contributed by atoms with Gasteiger partial charge < -0.3 is 50.8 Å². The predicted octanol–water partition coefficient (Wildman–Crippen LogP) is 4.19. The van der Waals surface area contributed by atoms with Gasteiger partial charge in [-0.1, -0.05) is 97.4 Å². The van der Waals surface area contributed by atoms with Gasteiger partial charge in [-0.3, -0.25) is 34.2 Å². The Bertz CT molecular complexity index is 2010. The Morgan fingerprint density at radius 2 is 1.48 bits per heavy atom. The van der Waals surface area contributed by atoms with E-state index in [9.17, 15) is 38.7 Å². The van der Waals surface area contributed by atoms with E-state index in [1.54, 1.807) is 89.9 Å². The Morgan fingerprint density at radius 1 is 0.841 bits per heavy atom. The van der Waals surface area contributed by atoms with E-state index in [4.69, 9.17) is 19.9 Å². The zero-order valence-corrected chi connectivity index (χ0v) is 42.5. The van der Waals surface area contributed by atoms with Crippen LogP contribution in [0.2, 0.25) is 0 Å². The van der Waals surface area contributed by atoms with E-state index in [0.717, 1.165) is 0 Å². The summed E-state index contributed by atoms with van der Waals surface area (Å²) in [5, 5.41) is 21.2. The van der Waals surface area contributed by atoms with E-state index in [-0.39, 0.29) is 49.1 Å². The van der Waals surface area contributed by atoms with E-state index < -0.39 is 84.3 Å². The fourth-order valence-electron chi connectivity index (χ4n) is 8.72. The fourth-order valence-corrected chi connectivity index (χ4v) is 8.72. The first-order valence-electron chi connectivity index (χ1n) is 23.9. The number of nitrogens with zero attached hydrogens (tertiary/aromatic N) is 3. The number of aliphatic hydroxyl groups excluding tert-OH is 1. The van der Waals surface area contributed by atoms with E-state index in [1.165, 1.54) is 31.1 Å². The van der Waals surface area contributed by atoms with Crippen molar-refractivity contribution in [3.63, 3.8) is 0 Å². The molecule has 0 aliphatic carbocycles. The molecule has 2 aromatic rings. The van der Waals surface area contributed by atoms with Crippen molar-refractivity contribution in [2.45, 2.75) is 136 Å². The van der Waals surface area contributed by atoms with Gasteiger partial charge in [-0.05, 0) is 60.8 Å². The molecular formula is C50H78N8O11. The molecule has 0 bridgehead atoms. The minimum Gasteiger partial charge on any atom is -0.445 e. The minimum absolute atomic E-state index is 0.0554. The number of amides is 8. The summed E-state index contributed by atoms with van der Waals surface area (Å²) in [7, 11) is 6.07. The number of likely N-dealkylation sites (N-methyl/N-ethyl adjacent to an activating group) is 2. The highest BCUT2D eigenvalue weighted by Gasteiger charge is 2.42. The van der Waals surface area contributed by atoms with Crippen LogP contribution in [0.25, 0.3) is 0 Å². The molecule has 0 saturated carbocycles. The second-order valence-electron chi connectivity index (χ2n) is 18.8. The Labute approximate surface area is 407 Å². The largest absolute Gasteiger partial charge is 0.445 e. The molecule has 0 radical (unpaired) electrons. The SMILES string of the molecule is CC[C@H](C)[C@@H]([C@@H](CC(=O)N1CCC[C@H]1[C@H](OC)[C@@H](C)C(=O)N[C@H](C)[C@@H](O)c1ccccc1)OC)N(C)C(=O)CNC(=O)[C@H](C(C)C)N(C)C(=O)OCc1ccc(NC(=O)NC(=O)[C@@H](N)C(C)C)cc1. The molecule has 10 atom stereocenters. The third-order valence-electron chi connectivity index (χ3n) is 13.1. The summed E-state index contributed by atoms with van der Waals surface area (Å²) in [5.41, 5.74) is 7.45. The molecule has 384 valence electrons. The minimum atomic E-state index is -0.996. The molecule has 1 heterocycles. The lowest BCUT2D eigenvalue weighted by molar-refractivity contribution is -0.146. The Kier molecular flexibility index (Phi) is 23.0. The third-order valence-corrected chi connectivity index (χ3v) is 13.1. The Hall–Kier alpha value is -5.63. The summed E-state index contributed by atoms with van der Waals surface area (Å²) in [6, 6.07) is 11.4. The number of anilines is 1. The maximum absolute atomic E-state index is 14.2. The molecule has 0 spiro atoms. The van der Waals surface area contributed by atoms with Crippen molar-refractivity contribution >= 4 is 47.3 Å². The van der Waals surface area contributed by atoms with Crippen molar-refractivity contribution in [2.75, 3.05) is 46.7 Å². The lowest BCUT2D eigenvalue weighted by atomic mass is 9.90. The molecule has 0 aromatic heterocycles. The number of benzene rings is 2. The van der Waals surface area contributed by atoms with Crippen LogP contribution in [-0.4, -0.2) is 145 Å². The predicted molar refractivity (Wildman–Crippen MR) is 261 cm³/mol. The summed E-state index contributed by atoms with van der Waals surface area (Å²) >= 11 is 0. The number of ether oxygens (including phenoxy) is 3. The molecule has 1 aliphatic heterocycles. The lowest BCUT2D eigenvalue weighted by Crippen LogP contribution is -2.56. The summed E-state index contributed by atoms with van der Waals surface area (Å²) in [4.78, 5) is 97.3. The highest BCUT2D eigenvalue weighted by Crippen LogP contribution is 2.30. The van der Waals surface area contributed by atoms with Crippen molar-refractivity contribution in [3.05, 3.63) is 65.7 Å². The molecular weight excluding hydrogens is 889 g/mol. The van der Waals surface area contributed by atoms with Crippen LogP contribution >= 0.6 is 0 Å². The number of likely N-dealkylation sites (tertiary alicyclic amines) is 1. The second-order valence-corrected chi connectivity index (χ2v) is 18.8. The van der Waals surface area contributed by atoms with Crippen molar-refractivity contribution in [2.24, 2.45) is 29.4 Å². The first kappa shape index (κ1) is 57.7. The van der Waals surface area contributed by atoms with Crippen LogP contribution in [0.4, 0.5) is 15.3 Å². The van der Waals surface area contributed by atoms with Crippen molar-refractivity contribution in [1.82, 2.24) is 30.7 Å². The molecule has 8 amide bonds. The normalized spacial score (nSPS) is 17.6. The van der Waals surface area contributed by atoms with Gasteiger partial charge in [-0.2, -0.15) is 0 Å². The second kappa shape index (κ2) is 27.5. The van der Waals surface area contributed by atoms with Crippen LogP contribution in [0.5, 0.6) is 0 Å². The molecule has 1 aliphatic rings. The Morgan fingerprint density at radius 3 is 2.04 bits per heavy atom. The number of nitrogens with one attached hydrogen (secondary N) is 4. The average molecular weight is 967 g/mol. The van der Waals surface area contributed by atoms with Crippen LogP contribution in [0.1, 0.15) is 98.3 Å². The molecule has 7 N–H and O–H groups in total. The summed E-state index contributed by atoms with van der Waals surface area (Å²) in [6.07, 6.45) is -1.12. The first-order chi connectivity index (χ1) is 32.6. The summed E-state index contributed by atoms with van der Waals surface area (Å²) in [5.74, 6) is -3.41. The highest BCUT2D eigenvalue weighted by atomic mass is 16.6. The Balaban J connectivity index is 1.61. The lowest BCUT2D eigenvalue weighted by Gasteiger charge is -2.39. The number of hydrogen-bond donors (Lipinski definition) is 6. The number of hydrogen-bond acceptors (Lipinski definition) is 12. The van der Waals surface area contributed by atoms with Gasteiger partial charge in [-0.15, -0.1) is 0 Å². The monoisotopic (exact) mass is 967 g/mol.